The van der Waals surface area contributed by atoms with Crippen molar-refractivity contribution in [1.29, 1.82) is 0 Å². The number of methoxy groups -OCH3 is 2. The molecule has 0 spiro atoms. The van der Waals surface area contributed by atoms with Gasteiger partial charge in [-0.3, -0.25) is 9.59 Å². The zero-order valence-electron chi connectivity index (χ0n) is 37.0. The number of nitrogens with one attached hydrogen (secondary N) is 4. The number of nitrogens with zero attached hydrogens (tertiary/aromatic N) is 4. The predicted molar refractivity (Wildman–Crippen MR) is 241 cm³/mol. The number of ether oxygens (including phenoxy) is 3. The van der Waals surface area contributed by atoms with Crippen molar-refractivity contribution in [2.24, 2.45) is 5.92 Å². The van der Waals surface area contributed by atoms with Gasteiger partial charge in [0.05, 0.1) is 37.8 Å². The van der Waals surface area contributed by atoms with Crippen molar-refractivity contribution in [3.05, 3.63) is 125 Å². The zero-order valence-corrected chi connectivity index (χ0v) is 37.0. The monoisotopic (exact) mass is 868 g/mol. The van der Waals surface area contributed by atoms with Crippen molar-refractivity contribution in [2.75, 3.05) is 27.3 Å². The molecule has 5 atom stereocenters. The number of carbonyl (C=O) groups is 4. The van der Waals surface area contributed by atoms with Crippen LogP contribution in [0.2, 0.25) is 0 Å². The standard InChI is InChI=1S/C49H56N8O7/c1-6-21-56(46(58)37(8-3)54-48(60)62-4)27-42-50-26-40(51-42)33-15-18-36-35-17-14-31(23-34(35)28-64-41(36)25-33)32-16-19-38-39(24-32)53-45(52-38)44-29(7-2)20-22-57(44)47(59)43(55-49(61)63-5)30-12-10-9-11-13-30/h9-19,23-24,26,29,33,37,43-44H,6-8,20-22,25,27-28H2,1-5H3,(H,50,51)(H,52,53)(H,54,60)(H,55,61)/t29-,33?,37?,43-,44+/m1/s1. The molecule has 0 bridgehead atoms. The summed E-state index contributed by atoms with van der Waals surface area (Å²) in [6.45, 7) is 7.81. The minimum atomic E-state index is -0.899. The maximum absolute atomic E-state index is 14.3. The second-order valence-corrected chi connectivity index (χ2v) is 16.6. The summed E-state index contributed by atoms with van der Waals surface area (Å²) in [4.78, 5) is 72.2. The second kappa shape index (κ2) is 19.2. The Hall–Kier alpha value is -6.90. The number of aromatic amines is 2. The van der Waals surface area contributed by atoms with Crippen LogP contribution in [0.5, 0.6) is 0 Å². The highest BCUT2D eigenvalue weighted by molar-refractivity contribution is 5.89. The van der Waals surface area contributed by atoms with E-state index >= 15 is 0 Å². The number of amides is 4. The molecule has 64 heavy (non-hydrogen) atoms. The molecule has 2 aliphatic heterocycles. The Bertz CT molecular complexity index is 2580. The topological polar surface area (TPSA) is 184 Å². The number of aromatic nitrogens is 4. The van der Waals surface area contributed by atoms with E-state index in [0.29, 0.717) is 50.5 Å². The van der Waals surface area contributed by atoms with E-state index in [4.69, 9.17) is 19.2 Å². The first-order valence-electron chi connectivity index (χ1n) is 22.2. The molecule has 3 aromatic carbocycles. The van der Waals surface area contributed by atoms with Gasteiger partial charge in [-0.2, -0.15) is 0 Å². The SMILES string of the molecule is CCCN(Cc1ncc(C2C=CC3=C(C2)OCc2cc(-c4ccc5nc([C@@H]6[C@H](CC)CCN6C(=O)[C@H](NC(=O)OC)c6ccccc6)[nH]c5c4)ccc23)[nH]1)C(=O)C(CC)NC(=O)OC. The molecule has 4 N–H and O–H groups in total. The summed E-state index contributed by atoms with van der Waals surface area (Å²) in [7, 11) is 2.57. The molecule has 5 aromatic rings. The van der Waals surface area contributed by atoms with E-state index in [1.165, 1.54) is 14.2 Å². The highest BCUT2D eigenvalue weighted by Crippen LogP contribution is 2.43. The summed E-state index contributed by atoms with van der Waals surface area (Å²) < 4.78 is 16.1. The van der Waals surface area contributed by atoms with E-state index in [2.05, 4.69) is 75.0 Å². The Balaban J connectivity index is 0.968. The Morgan fingerprint density at radius 3 is 2.47 bits per heavy atom. The molecule has 0 saturated carbocycles. The van der Waals surface area contributed by atoms with Crippen molar-refractivity contribution >= 4 is 40.6 Å². The highest BCUT2D eigenvalue weighted by atomic mass is 16.5. The third-order valence-corrected chi connectivity index (χ3v) is 12.6. The van der Waals surface area contributed by atoms with Crippen LogP contribution in [-0.2, 0) is 37.0 Å². The van der Waals surface area contributed by atoms with Gasteiger partial charge in [-0.1, -0.05) is 87.9 Å². The number of allylic oxidation sites excluding steroid dienone is 4. The van der Waals surface area contributed by atoms with Crippen LogP contribution in [0, 0.1) is 5.92 Å². The lowest BCUT2D eigenvalue weighted by Crippen LogP contribution is -2.48. The average Bonchev–Trinajstić information content (AvgIpc) is 4.10. The van der Waals surface area contributed by atoms with Crippen LogP contribution in [0.4, 0.5) is 9.59 Å². The van der Waals surface area contributed by atoms with Crippen LogP contribution in [0.1, 0.15) is 105 Å². The number of benzene rings is 3. The van der Waals surface area contributed by atoms with Gasteiger partial charge in [-0.05, 0) is 71.2 Å². The molecule has 2 aromatic heterocycles. The molecule has 3 aliphatic rings. The molecule has 334 valence electrons. The van der Waals surface area contributed by atoms with Crippen molar-refractivity contribution < 1.29 is 33.4 Å². The van der Waals surface area contributed by atoms with E-state index in [9.17, 15) is 19.2 Å². The molecule has 1 fully saturated rings. The molecule has 15 nitrogen and oxygen atoms in total. The number of H-pyrrole nitrogens is 2. The first-order chi connectivity index (χ1) is 31.1. The van der Waals surface area contributed by atoms with Crippen LogP contribution in [-0.4, -0.2) is 87.1 Å². The van der Waals surface area contributed by atoms with E-state index in [-0.39, 0.29) is 29.7 Å². The lowest BCUT2D eigenvalue weighted by molar-refractivity contribution is -0.135. The molecule has 8 rings (SSSR count). The molecule has 1 saturated heterocycles. The Morgan fingerprint density at radius 2 is 1.72 bits per heavy atom. The number of hydrogen-bond acceptors (Lipinski definition) is 9. The van der Waals surface area contributed by atoms with Gasteiger partial charge in [0.25, 0.3) is 5.91 Å². The average molecular weight is 869 g/mol. The largest absolute Gasteiger partial charge is 0.493 e. The van der Waals surface area contributed by atoms with Crippen LogP contribution in [0.25, 0.3) is 27.7 Å². The van der Waals surface area contributed by atoms with E-state index in [1.54, 1.807) is 4.90 Å². The predicted octanol–water partition coefficient (Wildman–Crippen LogP) is 8.21. The minimum Gasteiger partial charge on any atom is -0.493 e. The van der Waals surface area contributed by atoms with Gasteiger partial charge in [-0.25, -0.2) is 19.6 Å². The number of fused-ring (bicyclic) bond motifs is 3. The van der Waals surface area contributed by atoms with Crippen LogP contribution < -0.4 is 10.6 Å². The van der Waals surface area contributed by atoms with Gasteiger partial charge >= 0.3 is 12.2 Å². The van der Waals surface area contributed by atoms with Gasteiger partial charge in [0, 0.05) is 42.9 Å². The van der Waals surface area contributed by atoms with E-state index in [1.807, 2.05) is 61.3 Å². The summed E-state index contributed by atoms with van der Waals surface area (Å²) in [5.74, 6) is 2.16. The van der Waals surface area contributed by atoms with E-state index in [0.717, 1.165) is 75.4 Å². The number of carbonyl (C=O) groups excluding carboxylic acids is 4. The Morgan fingerprint density at radius 1 is 0.953 bits per heavy atom. The quantitative estimate of drug-likeness (QED) is 0.0855. The van der Waals surface area contributed by atoms with Crippen molar-refractivity contribution in [2.45, 2.75) is 90.1 Å². The summed E-state index contributed by atoms with van der Waals surface area (Å²) in [5, 5.41) is 5.40. The molecular formula is C49H56N8O7. The zero-order chi connectivity index (χ0) is 44.9. The molecule has 2 unspecified atom stereocenters. The second-order valence-electron chi connectivity index (χ2n) is 16.6. The van der Waals surface area contributed by atoms with Gasteiger partial charge in [0.1, 0.15) is 36.1 Å². The van der Waals surface area contributed by atoms with Crippen molar-refractivity contribution in [3.63, 3.8) is 0 Å². The maximum Gasteiger partial charge on any atom is 0.407 e. The number of likely N-dealkylation sites (tertiary alicyclic amines) is 1. The fraction of sp³-hybridized carbons (Fsp3) is 0.388. The van der Waals surface area contributed by atoms with Crippen LogP contribution >= 0.6 is 0 Å². The molecule has 0 radical (unpaired) electrons. The van der Waals surface area contributed by atoms with Crippen LogP contribution in [0.3, 0.4) is 0 Å². The van der Waals surface area contributed by atoms with E-state index < -0.39 is 24.3 Å². The highest BCUT2D eigenvalue weighted by Gasteiger charge is 2.42. The lowest BCUT2D eigenvalue weighted by atomic mass is 9.86. The molecule has 4 amide bonds. The summed E-state index contributed by atoms with van der Waals surface area (Å²) in [5.41, 5.74) is 8.70. The van der Waals surface area contributed by atoms with Gasteiger partial charge < -0.3 is 44.6 Å². The van der Waals surface area contributed by atoms with Gasteiger partial charge in [0.15, 0.2) is 0 Å². The van der Waals surface area contributed by atoms with Crippen molar-refractivity contribution in [1.82, 2.24) is 40.4 Å². The Kier molecular flexibility index (Phi) is 13.1. The first kappa shape index (κ1) is 43.7. The Labute approximate surface area is 372 Å². The molecule has 1 aliphatic carbocycles. The maximum atomic E-state index is 14.3. The lowest BCUT2D eigenvalue weighted by Gasteiger charge is -2.30. The number of rotatable bonds is 14. The van der Waals surface area contributed by atoms with Gasteiger partial charge in [0.2, 0.25) is 5.91 Å². The fourth-order valence-corrected chi connectivity index (χ4v) is 9.25. The normalized spacial score (nSPS) is 18.7. The summed E-state index contributed by atoms with van der Waals surface area (Å²) in [6.07, 6.45) is 8.40. The first-order valence-corrected chi connectivity index (χ1v) is 22.2. The fourth-order valence-electron chi connectivity index (χ4n) is 9.25. The van der Waals surface area contributed by atoms with Crippen LogP contribution in [0.15, 0.2) is 90.8 Å². The number of imidazole rings is 2. The smallest absolute Gasteiger partial charge is 0.407 e. The number of hydrogen-bond donors (Lipinski definition) is 4. The molecular weight excluding hydrogens is 813 g/mol. The third-order valence-electron chi connectivity index (χ3n) is 12.6. The molecule has 15 heteroatoms. The third kappa shape index (κ3) is 8.97. The summed E-state index contributed by atoms with van der Waals surface area (Å²) in [6, 6.07) is 20.1. The van der Waals surface area contributed by atoms with Gasteiger partial charge in [-0.15, -0.1) is 0 Å². The summed E-state index contributed by atoms with van der Waals surface area (Å²) >= 11 is 0. The number of alkyl carbamates (subject to hydrolysis) is 2. The van der Waals surface area contributed by atoms with Crippen molar-refractivity contribution in [3.8, 4) is 11.1 Å². The minimum absolute atomic E-state index is 0.0235. The molecule has 4 heterocycles.